The van der Waals surface area contributed by atoms with E-state index in [1.165, 1.54) is 12.1 Å². The van der Waals surface area contributed by atoms with Crippen molar-refractivity contribution in [3.63, 3.8) is 0 Å². The van der Waals surface area contributed by atoms with Crippen LogP contribution in [0.1, 0.15) is 15.9 Å². The van der Waals surface area contributed by atoms with Gasteiger partial charge < -0.3 is 10.8 Å². The van der Waals surface area contributed by atoms with E-state index in [2.05, 4.69) is 6.58 Å². The third kappa shape index (κ3) is 1.45. The summed E-state index contributed by atoms with van der Waals surface area (Å²) in [6, 6.07) is 4.54. The molecule has 0 bridgehead atoms. The van der Waals surface area contributed by atoms with Gasteiger partial charge in [-0.05, 0) is 17.7 Å². The number of hydrogen-bond acceptors (Lipinski definition) is 2. The second-order valence-electron chi connectivity index (χ2n) is 2.35. The van der Waals surface area contributed by atoms with Crippen molar-refractivity contribution in [3.8, 4) is 0 Å². The molecule has 3 N–H and O–H groups in total. The maximum absolute atomic E-state index is 10.5. The van der Waals surface area contributed by atoms with Crippen LogP contribution in [0.2, 0.25) is 0 Å². The minimum Gasteiger partial charge on any atom is -0.478 e. The van der Waals surface area contributed by atoms with Gasteiger partial charge in [0.2, 0.25) is 0 Å². The van der Waals surface area contributed by atoms with Crippen LogP contribution in [0.25, 0.3) is 6.08 Å². The summed E-state index contributed by atoms with van der Waals surface area (Å²) in [7, 11) is 0. The molecule has 62 valence electrons. The number of carboxylic acid groups (broad SMARTS) is 1. The van der Waals surface area contributed by atoms with Crippen LogP contribution < -0.4 is 5.73 Å². The lowest BCUT2D eigenvalue weighted by Gasteiger charge is -2.00. The van der Waals surface area contributed by atoms with Crippen molar-refractivity contribution in [3.05, 3.63) is 35.9 Å². The highest BCUT2D eigenvalue weighted by molar-refractivity contribution is 5.89. The molecule has 12 heavy (non-hydrogen) atoms. The van der Waals surface area contributed by atoms with Gasteiger partial charge in [0, 0.05) is 5.69 Å². The van der Waals surface area contributed by atoms with Gasteiger partial charge in [-0.1, -0.05) is 18.7 Å². The smallest absolute Gasteiger partial charge is 0.335 e. The molecule has 0 unspecified atom stereocenters. The predicted octanol–water partition coefficient (Wildman–Crippen LogP) is 1.61. The third-order valence-electron chi connectivity index (χ3n) is 1.55. The summed E-state index contributed by atoms with van der Waals surface area (Å²) < 4.78 is 0. The molecule has 0 aliphatic heterocycles. The fourth-order valence-electron chi connectivity index (χ4n) is 0.894. The van der Waals surface area contributed by atoms with E-state index in [1.807, 2.05) is 0 Å². The number of rotatable bonds is 2. The molecule has 0 atom stereocenters. The number of aromatic carboxylic acids is 1. The van der Waals surface area contributed by atoms with Crippen LogP contribution in [0.3, 0.4) is 0 Å². The van der Waals surface area contributed by atoms with Gasteiger partial charge in [-0.25, -0.2) is 4.79 Å². The van der Waals surface area contributed by atoms with Gasteiger partial charge in [0.15, 0.2) is 0 Å². The normalized spacial score (nSPS) is 9.33. The molecule has 0 saturated carbocycles. The summed E-state index contributed by atoms with van der Waals surface area (Å²) >= 11 is 0. The summed E-state index contributed by atoms with van der Waals surface area (Å²) in [6.07, 6.45) is 1.58. The SMILES string of the molecule is C=Cc1ccc(C(=O)O)cc1N. The molecule has 3 heteroatoms. The van der Waals surface area contributed by atoms with Gasteiger partial charge >= 0.3 is 5.97 Å². The molecule has 0 aliphatic rings. The fraction of sp³-hybridized carbons (Fsp3) is 0. The minimum atomic E-state index is -0.975. The van der Waals surface area contributed by atoms with E-state index in [4.69, 9.17) is 10.8 Å². The van der Waals surface area contributed by atoms with E-state index in [0.717, 1.165) is 5.56 Å². The molecule has 0 radical (unpaired) electrons. The second kappa shape index (κ2) is 3.09. The summed E-state index contributed by atoms with van der Waals surface area (Å²) in [4.78, 5) is 10.5. The molecule has 1 aromatic rings. The Labute approximate surface area is 70.1 Å². The average molecular weight is 163 g/mol. The van der Waals surface area contributed by atoms with Gasteiger partial charge in [-0.15, -0.1) is 0 Å². The van der Waals surface area contributed by atoms with Gasteiger partial charge in [0.1, 0.15) is 0 Å². The van der Waals surface area contributed by atoms with E-state index in [9.17, 15) is 4.79 Å². The Morgan fingerprint density at radius 2 is 2.25 bits per heavy atom. The van der Waals surface area contributed by atoms with Crippen LogP contribution in [-0.2, 0) is 0 Å². The van der Waals surface area contributed by atoms with Crippen molar-refractivity contribution in [1.82, 2.24) is 0 Å². The summed E-state index contributed by atoms with van der Waals surface area (Å²) in [5, 5.41) is 8.59. The average Bonchev–Trinajstić information content (AvgIpc) is 2.04. The van der Waals surface area contributed by atoms with Crippen molar-refractivity contribution in [2.45, 2.75) is 0 Å². The van der Waals surface area contributed by atoms with Crippen LogP contribution in [0.5, 0.6) is 0 Å². The number of benzene rings is 1. The molecule has 1 rings (SSSR count). The number of carbonyl (C=O) groups is 1. The van der Waals surface area contributed by atoms with Crippen molar-refractivity contribution in [2.24, 2.45) is 0 Å². The zero-order chi connectivity index (χ0) is 9.14. The zero-order valence-electron chi connectivity index (χ0n) is 6.45. The van der Waals surface area contributed by atoms with E-state index in [1.54, 1.807) is 12.1 Å². The van der Waals surface area contributed by atoms with Crippen LogP contribution in [0.4, 0.5) is 5.69 Å². The Balaban J connectivity index is 3.18. The van der Waals surface area contributed by atoms with Crippen LogP contribution >= 0.6 is 0 Å². The number of nitrogen functional groups attached to an aromatic ring is 1. The quantitative estimate of drug-likeness (QED) is 0.651. The minimum absolute atomic E-state index is 0.193. The van der Waals surface area contributed by atoms with E-state index >= 15 is 0 Å². The highest BCUT2D eigenvalue weighted by Crippen LogP contribution is 2.14. The fourth-order valence-corrected chi connectivity index (χ4v) is 0.894. The highest BCUT2D eigenvalue weighted by Gasteiger charge is 2.03. The van der Waals surface area contributed by atoms with E-state index in [-0.39, 0.29) is 5.56 Å². The monoisotopic (exact) mass is 163 g/mol. The summed E-state index contributed by atoms with van der Waals surface area (Å²) in [5.74, 6) is -0.975. The van der Waals surface area contributed by atoms with Crippen molar-refractivity contribution in [2.75, 3.05) is 5.73 Å². The van der Waals surface area contributed by atoms with Crippen LogP contribution in [0.15, 0.2) is 24.8 Å². The maximum atomic E-state index is 10.5. The molecular weight excluding hydrogens is 154 g/mol. The van der Waals surface area contributed by atoms with Gasteiger partial charge in [-0.3, -0.25) is 0 Å². The Kier molecular flexibility index (Phi) is 2.14. The topological polar surface area (TPSA) is 63.3 Å². The summed E-state index contributed by atoms with van der Waals surface area (Å²) in [6.45, 7) is 3.54. The van der Waals surface area contributed by atoms with Gasteiger partial charge in [0.05, 0.1) is 5.56 Å². The van der Waals surface area contributed by atoms with Crippen molar-refractivity contribution in [1.29, 1.82) is 0 Å². The van der Waals surface area contributed by atoms with Gasteiger partial charge in [0.25, 0.3) is 0 Å². The standard InChI is InChI=1S/C9H9NO2/c1-2-6-3-4-7(9(11)12)5-8(6)10/h2-5H,1,10H2,(H,11,12). The first-order valence-corrected chi connectivity index (χ1v) is 3.40. The maximum Gasteiger partial charge on any atom is 0.335 e. The Bertz CT molecular complexity index is 331. The Morgan fingerprint density at radius 3 is 2.67 bits per heavy atom. The van der Waals surface area contributed by atoms with E-state index < -0.39 is 5.97 Å². The number of nitrogens with two attached hydrogens (primary N) is 1. The molecule has 3 nitrogen and oxygen atoms in total. The molecule has 0 amide bonds. The van der Waals surface area contributed by atoms with E-state index in [0.29, 0.717) is 5.69 Å². The molecule has 0 fully saturated rings. The molecular formula is C9H9NO2. The molecule has 1 aromatic carbocycles. The lowest BCUT2D eigenvalue weighted by Crippen LogP contribution is -1.98. The lowest BCUT2D eigenvalue weighted by atomic mass is 10.1. The first-order chi connectivity index (χ1) is 5.65. The molecule has 0 heterocycles. The molecule has 0 aliphatic carbocycles. The molecule has 0 saturated heterocycles. The predicted molar refractivity (Wildman–Crippen MR) is 47.9 cm³/mol. The molecule has 0 aromatic heterocycles. The Morgan fingerprint density at radius 1 is 1.58 bits per heavy atom. The first-order valence-electron chi connectivity index (χ1n) is 3.40. The van der Waals surface area contributed by atoms with Crippen LogP contribution in [0, 0.1) is 0 Å². The largest absolute Gasteiger partial charge is 0.478 e. The molecule has 0 spiro atoms. The lowest BCUT2D eigenvalue weighted by molar-refractivity contribution is 0.0697. The van der Waals surface area contributed by atoms with Crippen molar-refractivity contribution >= 4 is 17.7 Å². The number of carboxylic acids is 1. The van der Waals surface area contributed by atoms with Crippen molar-refractivity contribution < 1.29 is 9.90 Å². The van der Waals surface area contributed by atoms with Crippen LogP contribution in [-0.4, -0.2) is 11.1 Å². The Hall–Kier alpha value is -1.77. The highest BCUT2D eigenvalue weighted by atomic mass is 16.4. The number of anilines is 1. The second-order valence-corrected chi connectivity index (χ2v) is 2.35. The van der Waals surface area contributed by atoms with Gasteiger partial charge in [-0.2, -0.15) is 0 Å². The number of hydrogen-bond donors (Lipinski definition) is 2. The zero-order valence-corrected chi connectivity index (χ0v) is 6.45. The first kappa shape index (κ1) is 8.33. The summed E-state index contributed by atoms with van der Waals surface area (Å²) in [5.41, 5.74) is 6.91. The third-order valence-corrected chi connectivity index (χ3v) is 1.55.